The van der Waals surface area contributed by atoms with Crippen molar-refractivity contribution in [3.05, 3.63) is 59.2 Å². The zero-order valence-electron chi connectivity index (χ0n) is 13.0. The van der Waals surface area contributed by atoms with Crippen LogP contribution in [-0.4, -0.2) is 42.2 Å². The fourth-order valence-corrected chi connectivity index (χ4v) is 1.99. The number of anilines is 1. The van der Waals surface area contributed by atoms with Crippen LogP contribution in [0.3, 0.4) is 0 Å². The van der Waals surface area contributed by atoms with Crippen molar-refractivity contribution in [1.29, 1.82) is 0 Å². The Bertz CT molecular complexity index is 812. The molecule has 0 atom stereocenters. The molecule has 0 amide bonds. The fraction of sp³-hybridized carbons (Fsp3) is 0.118. The smallest absolute Gasteiger partial charge is 0.346 e. The number of phenolic OH excluding ortho intramolecular Hbond substituents is 1. The third kappa shape index (κ3) is 3.70. The third-order valence-corrected chi connectivity index (χ3v) is 3.24. The second-order valence-corrected chi connectivity index (χ2v) is 5.16. The lowest BCUT2D eigenvalue weighted by atomic mass is 10.1. The van der Waals surface area contributed by atoms with E-state index in [0.29, 0.717) is 5.75 Å². The molecule has 2 aromatic carbocycles. The van der Waals surface area contributed by atoms with Gasteiger partial charge in [0.2, 0.25) is 0 Å². The molecule has 0 bridgehead atoms. The van der Waals surface area contributed by atoms with Crippen molar-refractivity contribution in [2.24, 2.45) is 0 Å². The molecular weight excluding hydrogens is 314 g/mol. The molecule has 0 spiro atoms. The van der Waals surface area contributed by atoms with Gasteiger partial charge < -0.3 is 19.8 Å². The van der Waals surface area contributed by atoms with E-state index in [-0.39, 0.29) is 16.7 Å². The van der Waals surface area contributed by atoms with Gasteiger partial charge in [-0.05, 0) is 30.3 Å². The van der Waals surface area contributed by atoms with Crippen LogP contribution in [0.4, 0.5) is 5.69 Å². The number of phenols is 1. The van der Waals surface area contributed by atoms with E-state index in [2.05, 4.69) is 4.74 Å². The number of esters is 2. The molecule has 3 rings (SSSR count). The molecule has 7 heteroatoms. The number of nitrogens with zero attached hydrogens (tertiary/aromatic N) is 1. The highest BCUT2D eigenvalue weighted by Crippen LogP contribution is 2.21. The van der Waals surface area contributed by atoms with Crippen molar-refractivity contribution in [1.82, 2.24) is 0 Å². The number of hydrogen-bond acceptors (Lipinski definition) is 6. The first kappa shape index (κ1) is 17.0. The molecule has 7 nitrogen and oxygen atoms in total. The van der Waals surface area contributed by atoms with E-state index in [4.69, 9.17) is 10.2 Å². The molecule has 0 unspecified atom stereocenters. The second-order valence-electron chi connectivity index (χ2n) is 5.16. The molecule has 0 aliphatic carbocycles. The van der Waals surface area contributed by atoms with Gasteiger partial charge in [-0.3, -0.25) is 0 Å². The van der Waals surface area contributed by atoms with Gasteiger partial charge in [0.15, 0.2) is 0 Å². The van der Waals surface area contributed by atoms with Crippen LogP contribution >= 0.6 is 0 Å². The molecule has 24 heavy (non-hydrogen) atoms. The normalized spacial score (nSPS) is 11.9. The first-order valence-electron chi connectivity index (χ1n) is 6.90. The van der Waals surface area contributed by atoms with Crippen LogP contribution in [0, 0.1) is 0 Å². The van der Waals surface area contributed by atoms with E-state index >= 15 is 0 Å². The second kappa shape index (κ2) is 6.82. The zero-order valence-corrected chi connectivity index (χ0v) is 13.0. The molecule has 0 fully saturated rings. The largest absolute Gasteiger partial charge is 0.508 e. The lowest BCUT2D eigenvalue weighted by Gasteiger charge is -2.11. The Morgan fingerprint density at radius 3 is 2.21 bits per heavy atom. The molecule has 0 aromatic heterocycles. The summed E-state index contributed by atoms with van der Waals surface area (Å²) in [5, 5.41) is 17.7. The SMILES string of the molecule is CN(C)c1cccc(O)c1.O=C(O)c1ccc2c(c1)C(=O)OC2=O. The van der Waals surface area contributed by atoms with Gasteiger partial charge in [-0.1, -0.05) is 6.07 Å². The van der Waals surface area contributed by atoms with Crippen molar-refractivity contribution < 1.29 is 29.3 Å². The minimum Gasteiger partial charge on any atom is -0.508 e. The Labute approximate surface area is 137 Å². The van der Waals surface area contributed by atoms with Crippen molar-refractivity contribution in [2.45, 2.75) is 0 Å². The number of carboxylic acids is 1. The van der Waals surface area contributed by atoms with E-state index in [1.165, 1.54) is 12.1 Å². The summed E-state index contributed by atoms with van der Waals surface area (Å²) in [7, 11) is 3.88. The molecule has 1 aliphatic heterocycles. The standard InChI is InChI=1S/C9H4O5.C8H11NO/c10-7(11)4-1-2-5-6(3-4)9(13)14-8(5)12;1-9(2)7-4-3-5-8(10)6-7/h1-3H,(H,10,11);3-6,10H,1-2H3. The van der Waals surface area contributed by atoms with Crippen LogP contribution in [-0.2, 0) is 4.74 Å². The topological polar surface area (TPSA) is 104 Å². The molecular formula is C17H15NO6. The Balaban J connectivity index is 0.000000185. The summed E-state index contributed by atoms with van der Waals surface area (Å²) in [5.41, 5.74) is 1.09. The lowest BCUT2D eigenvalue weighted by Crippen LogP contribution is -2.07. The number of ether oxygens (including phenoxy) is 1. The van der Waals surface area contributed by atoms with Gasteiger partial charge >= 0.3 is 17.9 Å². The highest BCUT2D eigenvalue weighted by atomic mass is 16.6. The van der Waals surface area contributed by atoms with Crippen LogP contribution in [0.5, 0.6) is 5.75 Å². The summed E-state index contributed by atoms with van der Waals surface area (Å²) in [6.07, 6.45) is 0. The quantitative estimate of drug-likeness (QED) is 0.642. The molecule has 124 valence electrons. The summed E-state index contributed by atoms with van der Waals surface area (Å²) < 4.78 is 4.30. The molecule has 0 radical (unpaired) electrons. The van der Waals surface area contributed by atoms with Gasteiger partial charge in [-0.2, -0.15) is 0 Å². The van der Waals surface area contributed by atoms with Gasteiger partial charge in [0.05, 0.1) is 16.7 Å². The highest BCUT2D eigenvalue weighted by Gasteiger charge is 2.30. The van der Waals surface area contributed by atoms with Crippen molar-refractivity contribution in [3.63, 3.8) is 0 Å². The van der Waals surface area contributed by atoms with Crippen LogP contribution in [0.25, 0.3) is 0 Å². The predicted molar refractivity (Wildman–Crippen MR) is 85.6 cm³/mol. The number of fused-ring (bicyclic) bond motifs is 1. The van der Waals surface area contributed by atoms with Gasteiger partial charge in [-0.15, -0.1) is 0 Å². The predicted octanol–water partition coefficient (Wildman–Crippen LogP) is 2.15. The summed E-state index contributed by atoms with van der Waals surface area (Å²) in [6, 6.07) is 10.8. The van der Waals surface area contributed by atoms with E-state index in [0.717, 1.165) is 11.8 Å². The Hall–Kier alpha value is -3.35. The van der Waals surface area contributed by atoms with Crippen LogP contribution in [0.1, 0.15) is 31.1 Å². The highest BCUT2D eigenvalue weighted by molar-refractivity contribution is 6.15. The number of carbonyl (C=O) groups excluding carboxylic acids is 2. The third-order valence-electron chi connectivity index (χ3n) is 3.24. The first-order valence-corrected chi connectivity index (χ1v) is 6.90. The number of benzene rings is 2. The lowest BCUT2D eigenvalue weighted by molar-refractivity contribution is 0.0443. The van der Waals surface area contributed by atoms with Crippen LogP contribution in [0.2, 0.25) is 0 Å². The molecule has 2 N–H and O–H groups in total. The zero-order chi connectivity index (χ0) is 17.9. The molecule has 0 saturated heterocycles. The molecule has 2 aromatic rings. The monoisotopic (exact) mass is 329 g/mol. The van der Waals surface area contributed by atoms with Crippen molar-refractivity contribution in [2.75, 3.05) is 19.0 Å². The van der Waals surface area contributed by atoms with Crippen molar-refractivity contribution in [3.8, 4) is 5.75 Å². The van der Waals surface area contributed by atoms with Gasteiger partial charge in [0.1, 0.15) is 5.75 Å². The average Bonchev–Trinajstić information content (AvgIpc) is 2.82. The first-order chi connectivity index (χ1) is 11.3. The maximum absolute atomic E-state index is 11.0. The number of carbonyl (C=O) groups is 3. The average molecular weight is 329 g/mol. The maximum atomic E-state index is 11.0. The van der Waals surface area contributed by atoms with E-state index in [1.54, 1.807) is 12.1 Å². The fourth-order valence-electron chi connectivity index (χ4n) is 1.99. The molecule has 0 saturated carbocycles. The number of rotatable bonds is 2. The molecule has 1 heterocycles. The summed E-state index contributed by atoms with van der Waals surface area (Å²) in [5.74, 6) is -2.37. The summed E-state index contributed by atoms with van der Waals surface area (Å²) >= 11 is 0. The maximum Gasteiger partial charge on any atom is 0.346 e. The van der Waals surface area contributed by atoms with Crippen molar-refractivity contribution >= 4 is 23.6 Å². The van der Waals surface area contributed by atoms with Crippen LogP contribution < -0.4 is 4.90 Å². The van der Waals surface area contributed by atoms with Gasteiger partial charge in [0, 0.05) is 25.8 Å². The Morgan fingerprint density at radius 2 is 1.67 bits per heavy atom. The minimum absolute atomic E-state index is 0.00917. The Morgan fingerprint density at radius 1 is 1.00 bits per heavy atom. The number of aromatic carboxylic acids is 1. The number of carboxylic acid groups (broad SMARTS) is 1. The molecule has 1 aliphatic rings. The van der Waals surface area contributed by atoms with Gasteiger partial charge in [-0.25, -0.2) is 14.4 Å². The number of aromatic hydroxyl groups is 1. The number of hydrogen-bond donors (Lipinski definition) is 2. The van der Waals surface area contributed by atoms with Crippen LogP contribution in [0.15, 0.2) is 42.5 Å². The number of cyclic esters (lactones) is 2. The minimum atomic E-state index is -1.15. The summed E-state index contributed by atoms with van der Waals surface area (Å²) in [6.45, 7) is 0. The van der Waals surface area contributed by atoms with E-state index in [1.807, 2.05) is 31.1 Å². The van der Waals surface area contributed by atoms with Gasteiger partial charge in [0.25, 0.3) is 0 Å². The van der Waals surface area contributed by atoms with E-state index in [9.17, 15) is 14.4 Å². The summed E-state index contributed by atoms with van der Waals surface area (Å²) in [4.78, 5) is 34.5. The Kier molecular flexibility index (Phi) is 4.84. The van der Waals surface area contributed by atoms with E-state index < -0.39 is 17.9 Å².